The highest BCUT2D eigenvalue weighted by atomic mass is 127. The molecule has 1 aliphatic heterocycles. The van der Waals surface area contributed by atoms with Gasteiger partial charge in [-0.05, 0) is 61.2 Å². The van der Waals surface area contributed by atoms with Crippen molar-refractivity contribution in [3.8, 4) is 11.5 Å². The van der Waals surface area contributed by atoms with E-state index in [1.165, 1.54) is 37.1 Å². The maximum atomic E-state index is 5.52. The molecule has 0 atom stereocenters. The first-order valence-corrected chi connectivity index (χ1v) is 11.3. The van der Waals surface area contributed by atoms with Crippen molar-refractivity contribution >= 4 is 29.9 Å². The molecule has 0 aromatic heterocycles. The number of hydrogen-bond acceptors (Lipinski definition) is 4. The summed E-state index contributed by atoms with van der Waals surface area (Å²) in [6.45, 7) is 8.68. The van der Waals surface area contributed by atoms with Crippen molar-refractivity contribution in [2.24, 2.45) is 4.99 Å². The van der Waals surface area contributed by atoms with E-state index in [1.54, 1.807) is 21.3 Å². The number of benzene rings is 2. The molecule has 0 saturated carbocycles. The van der Waals surface area contributed by atoms with Crippen molar-refractivity contribution in [3.05, 3.63) is 71.3 Å². The third kappa shape index (κ3) is 7.92. The van der Waals surface area contributed by atoms with Gasteiger partial charge >= 0.3 is 0 Å². The molecule has 6 nitrogen and oxygen atoms in total. The van der Waals surface area contributed by atoms with Gasteiger partial charge in [0.15, 0.2) is 17.5 Å². The van der Waals surface area contributed by atoms with Gasteiger partial charge in [-0.2, -0.15) is 0 Å². The number of rotatable bonds is 10. The molecule has 0 bridgehead atoms. The van der Waals surface area contributed by atoms with Crippen LogP contribution >= 0.6 is 24.0 Å². The summed E-state index contributed by atoms with van der Waals surface area (Å²) in [6, 6.07) is 13.0. The number of methoxy groups -OCH3 is 2. The number of nitrogens with zero attached hydrogens (tertiary/aromatic N) is 2. The van der Waals surface area contributed by atoms with Gasteiger partial charge in [0, 0.05) is 32.2 Å². The molecular formula is C26H37IN4O2. The summed E-state index contributed by atoms with van der Waals surface area (Å²) in [4.78, 5) is 6.88. The Kier molecular flexibility index (Phi) is 11.5. The highest BCUT2D eigenvalue weighted by molar-refractivity contribution is 14.0. The number of halogens is 1. The normalized spacial score (nSPS) is 13.8. The first kappa shape index (κ1) is 27.0. The predicted octanol–water partition coefficient (Wildman–Crippen LogP) is 4.51. The molecular weight excluding hydrogens is 527 g/mol. The molecule has 0 aliphatic carbocycles. The number of guanidine groups is 1. The Hall–Kier alpha value is -2.26. The predicted molar refractivity (Wildman–Crippen MR) is 147 cm³/mol. The lowest BCUT2D eigenvalue weighted by atomic mass is 10.1. The van der Waals surface area contributed by atoms with Crippen molar-refractivity contribution < 1.29 is 9.47 Å². The van der Waals surface area contributed by atoms with Crippen molar-refractivity contribution in [1.29, 1.82) is 0 Å². The van der Waals surface area contributed by atoms with E-state index in [0.717, 1.165) is 41.7 Å². The summed E-state index contributed by atoms with van der Waals surface area (Å²) in [6.07, 6.45) is 5.24. The zero-order valence-corrected chi connectivity index (χ0v) is 22.4. The van der Waals surface area contributed by atoms with Crippen LogP contribution in [0.1, 0.15) is 35.1 Å². The van der Waals surface area contributed by atoms with Crippen molar-refractivity contribution in [3.63, 3.8) is 0 Å². The monoisotopic (exact) mass is 564 g/mol. The second-order valence-electron chi connectivity index (χ2n) is 8.06. The average Bonchev–Trinajstić information content (AvgIpc) is 3.33. The molecule has 2 aromatic carbocycles. The van der Waals surface area contributed by atoms with E-state index in [9.17, 15) is 0 Å². The van der Waals surface area contributed by atoms with Gasteiger partial charge in [0.25, 0.3) is 0 Å². The molecule has 1 fully saturated rings. The van der Waals surface area contributed by atoms with E-state index in [1.807, 2.05) is 12.1 Å². The van der Waals surface area contributed by atoms with Crippen molar-refractivity contribution in [1.82, 2.24) is 15.5 Å². The van der Waals surface area contributed by atoms with Crippen LogP contribution < -0.4 is 20.1 Å². The smallest absolute Gasteiger partial charge is 0.191 e. The lowest BCUT2D eigenvalue weighted by molar-refractivity contribution is 0.331. The van der Waals surface area contributed by atoms with Crippen LogP contribution in [0.5, 0.6) is 11.5 Å². The van der Waals surface area contributed by atoms with Crippen LogP contribution in [0.25, 0.3) is 0 Å². The zero-order valence-electron chi connectivity index (χ0n) is 20.0. The first-order chi connectivity index (χ1) is 15.7. The zero-order chi connectivity index (χ0) is 22.8. The topological polar surface area (TPSA) is 58.1 Å². The van der Waals surface area contributed by atoms with E-state index >= 15 is 0 Å². The summed E-state index contributed by atoms with van der Waals surface area (Å²) in [5, 5.41) is 6.78. The van der Waals surface area contributed by atoms with Gasteiger partial charge in [-0.15, -0.1) is 30.6 Å². The standard InChI is InChI=1S/C26H36N4O2.HI/c1-5-8-23-15-22(16-24(31-3)25(23)32-4)18-29-26(27-2)28-17-20-9-11-21(12-10-20)19-30-13-6-7-14-30;/h5,9-12,15-16H,1,6-8,13-14,17-19H2,2-4H3,(H2,27,28,29);1H. The summed E-state index contributed by atoms with van der Waals surface area (Å²) in [5.74, 6) is 2.23. The lowest BCUT2D eigenvalue weighted by Gasteiger charge is -2.16. The van der Waals surface area contributed by atoms with Gasteiger partial charge in [0.05, 0.1) is 14.2 Å². The highest BCUT2D eigenvalue weighted by Crippen LogP contribution is 2.33. The van der Waals surface area contributed by atoms with Crippen molar-refractivity contribution in [2.75, 3.05) is 34.4 Å². The maximum Gasteiger partial charge on any atom is 0.191 e. The molecule has 3 rings (SSSR count). The lowest BCUT2D eigenvalue weighted by Crippen LogP contribution is -2.36. The molecule has 0 amide bonds. The molecule has 180 valence electrons. The molecule has 33 heavy (non-hydrogen) atoms. The van der Waals surface area contributed by atoms with E-state index < -0.39 is 0 Å². The van der Waals surface area contributed by atoms with Crippen LogP contribution in [0.2, 0.25) is 0 Å². The Labute approximate surface area is 215 Å². The summed E-state index contributed by atoms with van der Waals surface area (Å²) >= 11 is 0. The average molecular weight is 565 g/mol. The van der Waals surface area contributed by atoms with Gasteiger partial charge in [-0.3, -0.25) is 9.89 Å². The number of hydrogen-bond donors (Lipinski definition) is 2. The summed E-state index contributed by atoms with van der Waals surface area (Å²) < 4.78 is 11.0. The molecule has 1 aliphatic rings. The third-order valence-electron chi connectivity index (χ3n) is 5.75. The summed E-state index contributed by atoms with van der Waals surface area (Å²) in [5.41, 5.74) is 4.75. The van der Waals surface area contributed by atoms with E-state index in [-0.39, 0.29) is 24.0 Å². The minimum Gasteiger partial charge on any atom is -0.493 e. The van der Waals surface area contributed by atoms with E-state index in [0.29, 0.717) is 13.0 Å². The minimum atomic E-state index is 0. The molecule has 0 spiro atoms. The van der Waals surface area contributed by atoms with E-state index in [4.69, 9.17) is 9.47 Å². The number of allylic oxidation sites excluding steroid dienone is 1. The van der Waals surface area contributed by atoms with Crippen LogP contribution in [0.15, 0.2) is 54.0 Å². The third-order valence-corrected chi connectivity index (χ3v) is 5.75. The number of ether oxygens (including phenoxy) is 2. The van der Waals surface area contributed by atoms with Crippen LogP contribution in [-0.4, -0.2) is 45.2 Å². The Morgan fingerprint density at radius 1 is 1.00 bits per heavy atom. The van der Waals surface area contributed by atoms with Crippen LogP contribution in [0, 0.1) is 0 Å². The largest absolute Gasteiger partial charge is 0.493 e. The fraction of sp³-hybridized carbons (Fsp3) is 0.423. The van der Waals surface area contributed by atoms with Crippen molar-refractivity contribution in [2.45, 2.75) is 38.9 Å². The molecule has 7 heteroatoms. The quantitative estimate of drug-likeness (QED) is 0.193. The fourth-order valence-electron chi connectivity index (χ4n) is 4.07. The molecule has 0 radical (unpaired) electrons. The Morgan fingerprint density at radius 2 is 1.64 bits per heavy atom. The highest BCUT2D eigenvalue weighted by Gasteiger charge is 2.13. The second-order valence-corrected chi connectivity index (χ2v) is 8.06. The van der Waals surface area contributed by atoms with Crippen LogP contribution in [-0.2, 0) is 26.1 Å². The minimum absolute atomic E-state index is 0. The van der Waals surface area contributed by atoms with Crippen LogP contribution in [0.3, 0.4) is 0 Å². The first-order valence-electron chi connectivity index (χ1n) is 11.3. The van der Waals surface area contributed by atoms with Gasteiger partial charge in [-0.1, -0.05) is 30.3 Å². The Morgan fingerprint density at radius 3 is 2.21 bits per heavy atom. The molecule has 1 saturated heterocycles. The number of nitrogens with one attached hydrogen (secondary N) is 2. The SMILES string of the molecule is C=CCc1cc(CNC(=NC)NCc2ccc(CN3CCCC3)cc2)cc(OC)c1OC.I. The number of likely N-dealkylation sites (tertiary alicyclic amines) is 1. The van der Waals surface area contributed by atoms with E-state index in [2.05, 4.69) is 57.4 Å². The maximum absolute atomic E-state index is 5.52. The van der Waals surface area contributed by atoms with Gasteiger partial charge in [0.2, 0.25) is 0 Å². The number of aliphatic imine (C=N–C) groups is 1. The summed E-state index contributed by atoms with van der Waals surface area (Å²) in [7, 11) is 5.10. The van der Waals surface area contributed by atoms with Gasteiger partial charge < -0.3 is 20.1 Å². The molecule has 1 heterocycles. The fourth-order valence-corrected chi connectivity index (χ4v) is 4.07. The Balaban J connectivity index is 0.00000385. The van der Waals surface area contributed by atoms with Gasteiger partial charge in [-0.25, -0.2) is 0 Å². The molecule has 2 N–H and O–H groups in total. The molecule has 2 aromatic rings. The Bertz CT molecular complexity index is 909. The second kappa shape index (κ2) is 14.1. The van der Waals surface area contributed by atoms with Gasteiger partial charge in [0.1, 0.15) is 0 Å². The van der Waals surface area contributed by atoms with Crippen LogP contribution in [0.4, 0.5) is 0 Å². The molecule has 0 unspecified atom stereocenters.